The van der Waals surface area contributed by atoms with Gasteiger partial charge in [0.25, 0.3) is 0 Å². The number of nitrogens with zero attached hydrogens (tertiary/aromatic N) is 3. The number of piperidine rings is 2. The largest absolute Gasteiger partial charge is 0.433 e. The Hall–Kier alpha value is -1.92. The van der Waals surface area contributed by atoms with Gasteiger partial charge in [-0.15, -0.1) is 0 Å². The highest BCUT2D eigenvalue weighted by Gasteiger charge is 2.29. The first-order valence-corrected chi connectivity index (χ1v) is 8.58. The Morgan fingerprint density at radius 1 is 1.12 bits per heavy atom. The van der Waals surface area contributed by atoms with Crippen LogP contribution in [0.3, 0.4) is 0 Å². The first-order chi connectivity index (χ1) is 11.6. The van der Waals surface area contributed by atoms with Crippen LogP contribution in [-0.4, -0.2) is 48.6 Å². The Kier molecular flexibility index (Phi) is 5.48. The molecule has 3 rings (SSSR count). The van der Waals surface area contributed by atoms with Gasteiger partial charge in [-0.05, 0) is 44.2 Å². The van der Waals surface area contributed by atoms with Crippen LogP contribution >= 0.6 is 0 Å². The molecule has 3 heterocycles. The van der Waals surface area contributed by atoms with E-state index in [1.807, 2.05) is 4.90 Å². The molecular formula is C17H23F2N3O2. The third-order valence-electron chi connectivity index (χ3n) is 4.78. The lowest BCUT2D eigenvalue weighted by Gasteiger charge is -2.36. The van der Waals surface area contributed by atoms with Crippen LogP contribution in [0.2, 0.25) is 0 Å². The molecule has 0 spiro atoms. The highest BCUT2D eigenvalue weighted by Crippen LogP contribution is 2.25. The molecule has 1 aromatic heterocycles. The van der Waals surface area contributed by atoms with Crippen LogP contribution in [0.15, 0.2) is 18.3 Å². The van der Waals surface area contributed by atoms with E-state index in [0.29, 0.717) is 5.91 Å². The smallest absolute Gasteiger partial charge is 0.387 e. The molecule has 132 valence electrons. The summed E-state index contributed by atoms with van der Waals surface area (Å²) in [6.07, 6.45) is 6.38. The molecule has 1 aromatic rings. The fraction of sp³-hybridized carbons (Fsp3) is 0.647. The van der Waals surface area contributed by atoms with E-state index in [2.05, 4.69) is 14.6 Å². The Labute approximate surface area is 140 Å². The number of aromatic nitrogens is 1. The van der Waals surface area contributed by atoms with Crippen molar-refractivity contribution < 1.29 is 18.3 Å². The number of pyridine rings is 1. The lowest BCUT2D eigenvalue weighted by atomic mass is 9.94. The van der Waals surface area contributed by atoms with Gasteiger partial charge in [0, 0.05) is 32.1 Å². The molecule has 0 aliphatic carbocycles. The van der Waals surface area contributed by atoms with E-state index in [-0.39, 0.29) is 11.7 Å². The van der Waals surface area contributed by atoms with E-state index in [9.17, 15) is 13.6 Å². The summed E-state index contributed by atoms with van der Waals surface area (Å²) in [6, 6.07) is 3.18. The minimum absolute atomic E-state index is 0.0592. The molecule has 5 nitrogen and oxygen atoms in total. The number of ether oxygens (including phenoxy) is 1. The van der Waals surface area contributed by atoms with Crippen molar-refractivity contribution in [1.29, 1.82) is 0 Å². The topological polar surface area (TPSA) is 45.7 Å². The Morgan fingerprint density at radius 2 is 1.83 bits per heavy atom. The molecule has 0 radical (unpaired) electrons. The summed E-state index contributed by atoms with van der Waals surface area (Å²) in [5, 5.41) is 0. The Balaban J connectivity index is 1.52. The molecule has 2 saturated heterocycles. The number of alkyl halides is 2. The summed E-state index contributed by atoms with van der Waals surface area (Å²) < 4.78 is 28.6. The minimum atomic E-state index is -2.84. The van der Waals surface area contributed by atoms with Gasteiger partial charge >= 0.3 is 6.61 Å². The van der Waals surface area contributed by atoms with Gasteiger partial charge in [0.2, 0.25) is 5.91 Å². The second kappa shape index (κ2) is 7.77. The van der Waals surface area contributed by atoms with Crippen molar-refractivity contribution in [2.75, 3.05) is 31.1 Å². The predicted octanol–water partition coefficient (Wildman–Crippen LogP) is 2.91. The van der Waals surface area contributed by atoms with Crippen LogP contribution in [0, 0.1) is 5.92 Å². The molecule has 2 aliphatic rings. The zero-order valence-corrected chi connectivity index (χ0v) is 13.7. The van der Waals surface area contributed by atoms with E-state index in [1.165, 1.54) is 18.7 Å². The van der Waals surface area contributed by atoms with E-state index >= 15 is 0 Å². The molecule has 2 fully saturated rings. The van der Waals surface area contributed by atoms with E-state index < -0.39 is 6.61 Å². The number of carbonyl (C=O) groups excluding carboxylic acids is 1. The van der Waals surface area contributed by atoms with Gasteiger partial charge in [0.05, 0.1) is 6.20 Å². The molecule has 24 heavy (non-hydrogen) atoms. The number of likely N-dealkylation sites (tertiary alicyclic amines) is 1. The first kappa shape index (κ1) is 16.9. The molecule has 2 aliphatic heterocycles. The second-order valence-corrected chi connectivity index (χ2v) is 6.38. The molecular weight excluding hydrogens is 316 g/mol. The van der Waals surface area contributed by atoms with E-state index in [1.54, 1.807) is 6.07 Å². The molecule has 0 bridgehead atoms. The van der Waals surface area contributed by atoms with Gasteiger partial charge in [-0.2, -0.15) is 8.78 Å². The van der Waals surface area contributed by atoms with Crippen molar-refractivity contribution in [3.8, 4) is 5.75 Å². The van der Waals surface area contributed by atoms with Gasteiger partial charge in [0.15, 0.2) is 0 Å². The summed E-state index contributed by atoms with van der Waals surface area (Å²) in [5.41, 5.74) is 0. The Morgan fingerprint density at radius 3 is 2.42 bits per heavy atom. The summed E-state index contributed by atoms with van der Waals surface area (Å²) in [7, 11) is 0. The number of rotatable bonds is 4. The average Bonchev–Trinajstić information content (AvgIpc) is 2.62. The van der Waals surface area contributed by atoms with Gasteiger partial charge in [-0.25, -0.2) is 4.98 Å². The third-order valence-corrected chi connectivity index (χ3v) is 4.78. The number of hydrogen-bond donors (Lipinski definition) is 0. The van der Waals surface area contributed by atoms with Crippen LogP contribution in [0.1, 0.15) is 32.1 Å². The predicted molar refractivity (Wildman–Crippen MR) is 86.2 cm³/mol. The van der Waals surface area contributed by atoms with Crippen LogP contribution in [0.4, 0.5) is 14.6 Å². The van der Waals surface area contributed by atoms with Crippen molar-refractivity contribution >= 4 is 11.7 Å². The van der Waals surface area contributed by atoms with Gasteiger partial charge < -0.3 is 14.5 Å². The zero-order valence-electron chi connectivity index (χ0n) is 13.7. The van der Waals surface area contributed by atoms with Gasteiger partial charge in [-0.3, -0.25) is 4.79 Å². The van der Waals surface area contributed by atoms with Crippen molar-refractivity contribution in [3.05, 3.63) is 18.3 Å². The number of anilines is 1. The van der Waals surface area contributed by atoms with Gasteiger partial charge in [0.1, 0.15) is 11.6 Å². The van der Waals surface area contributed by atoms with Crippen molar-refractivity contribution in [2.24, 2.45) is 5.92 Å². The van der Waals surface area contributed by atoms with Crippen LogP contribution in [0.5, 0.6) is 5.75 Å². The van der Waals surface area contributed by atoms with Crippen LogP contribution < -0.4 is 9.64 Å². The normalized spacial score (nSPS) is 19.6. The fourth-order valence-corrected chi connectivity index (χ4v) is 3.46. The molecule has 0 aromatic carbocycles. The van der Waals surface area contributed by atoms with Crippen molar-refractivity contribution in [2.45, 2.75) is 38.7 Å². The standard InChI is InChI=1S/C17H23F2N3O2/c18-17(19)24-14-4-5-15(20-12-14)21-10-6-13(7-11-21)16(23)22-8-2-1-3-9-22/h4-5,12-13,17H,1-3,6-11H2. The maximum Gasteiger partial charge on any atom is 0.387 e. The summed E-state index contributed by atoms with van der Waals surface area (Å²) in [5.74, 6) is 1.19. The maximum atomic E-state index is 12.5. The number of amides is 1. The minimum Gasteiger partial charge on any atom is -0.433 e. The monoisotopic (exact) mass is 339 g/mol. The molecule has 0 atom stereocenters. The molecule has 0 saturated carbocycles. The number of hydrogen-bond acceptors (Lipinski definition) is 4. The highest BCUT2D eigenvalue weighted by atomic mass is 19.3. The molecule has 0 N–H and O–H groups in total. The zero-order chi connectivity index (χ0) is 16.9. The van der Waals surface area contributed by atoms with Crippen molar-refractivity contribution in [3.63, 3.8) is 0 Å². The van der Waals surface area contributed by atoms with Crippen LogP contribution in [0.25, 0.3) is 0 Å². The van der Waals surface area contributed by atoms with E-state index in [0.717, 1.165) is 57.7 Å². The Bertz CT molecular complexity index is 539. The lowest BCUT2D eigenvalue weighted by Crippen LogP contribution is -2.44. The molecule has 0 unspecified atom stereocenters. The fourth-order valence-electron chi connectivity index (χ4n) is 3.46. The third kappa shape index (κ3) is 4.13. The second-order valence-electron chi connectivity index (χ2n) is 6.38. The molecule has 1 amide bonds. The molecule has 7 heteroatoms. The van der Waals surface area contributed by atoms with E-state index in [4.69, 9.17) is 0 Å². The van der Waals surface area contributed by atoms with Gasteiger partial charge in [-0.1, -0.05) is 0 Å². The summed E-state index contributed by atoms with van der Waals surface area (Å²) in [4.78, 5) is 20.8. The first-order valence-electron chi connectivity index (χ1n) is 8.58. The summed E-state index contributed by atoms with van der Waals surface area (Å²) in [6.45, 7) is 0.464. The highest BCUT2D eigenvalue weighted by molar-refractivity contribution is 5.79. The lowest BCUT2D eigenvalue weighted by molar-refractivity contribution is -0.137. The van der Waals surface area contributed by atoms with Crippen LogP contribution in [-0.2, 0) is 4.79 Å². The average molecular weight is 339 g/mol. The SMILES string of the molecule is O=C(C1CCN(c2ccc(OC(F)F)cn2)CC1)N1CCCCC1. The maximum absolute atomic E-state index is 12.5. The van der Waals surface area contributed by atoms with Crippen molar-refractivity contribution in [1.82, 2.24) is 9.88 Å². The quantitative estimate of drug-likeness (QED) is 0.846. The number of halogens is 2. The summed E-state index contributed by atoms with van der Waals surface area (Å²) >= 11 is 0. The number of carbonyl (C=O) groups is 1.